The van der Waals surface area contributed by atoms with Gasteiger partial charge in [-0.05, 0) is 49.1 Å². The van der Waals surface area contributed by atoms with Crippen LogP contribution in [0.2, 0.25) is 0 Å². The Morgan fingerprint density at radius 2 is 1.63 bits per heavy atom. The lowest BCUT2D eigenvalue weighted by atomic mass is 10.0. The molecule has 3 aromatic carbocycles. The molecule has 182 valence electrons. The highest BCUT2D eigenvalue weighted by Crippen LogP contribution is 2.33. The molecule has 4 rings (SSSR count). The van der Waals surface area contributed by atoms with Gasteiger partial charge in [-0.3, -0.25) is 9.59 Å². The normalized spacial score (nSPS) is 12.7. The number of rotatable bonds is 10. The van der Waals surface area contributed by atoms with E-state index >= 15 is 0 Å². The molecule has 0 saturated carbocycles. The summed E-state index contributed by atoms with van der Waals surface area (Å²) in [6.45, 7) is 5.02. The van der Waals surface area contributed by atoms with E-state index in [9.17, 15) is 9.59 Å². The molecule has 1 aliphatic rings. The molecular formula is C29H32N2O4. The summed E-state index contributed by atoms with van der Waals surface area (Å²) >= 11 is 0. The number of nitrogens with one attached hydrogen (secondary N) is 1. The number of hydrogen-bond donors (Lipinski definition) is 1. The van der Waals surface area contributed by atoms with Crippen LogP contribution in [0.3, 0.4) is 0 Å². The van der Waals surface area contributed by atoms with Crippen molar-refractivity contribution >= 4 is 11.8 Å². The summed E-state index contributed by atoms with van der Waals surface area (Å²) in [6.07, 6.45) is 1.29. The average Bonchev–Trinajstić information content (AvgIpc) is 3.34. The molecule has 3 aromatic rings. The largest absolute Gasteiger partial charge is 0.454 e. The Bertz CT molecular complexity index is 1150. The average molecular weight is 473 g/mol. The quantitative estimate of drug-likeness (QED) is 0.474. The van der Waals surface area contributed by atoms with Crippen molar-refractivity contribution in [2.24, 2.45) is 0 Å². The molecule has 0 saturated heterocycles. The van der Waals surface area contributed by atoms with Crippen molar-refractivity contribution in [3.8, 4) is 11.5 Å². The fraction of sp³-hybridized carbons (Fsp3) is 0.310. The Kier molecular flexibility index (Phi) is 8.03. The van der Waals surface area contributed by atoms with Crippen LogP contribution in [-0.4, -0.2) is 36.1 Å². The number of likely N-dealkylation sites (N-methyl/N-ethyl adjacent to an activating group) is 1. The van der Waals surface area contributed by atoms with Gasteiger partial charge in [0.05, 0.1) is 0 Å². The minimum atomic E-state index is -0.608. The van der Waals surface area contributed by atoms with Gasteiger partial charge < -0.3 is 19.7 Å². The van der Waals surface area contributed by atoms with Crippen LogP contribution < -0.4 is 14.8 Å². The Labute approximate surface area is 206 Å². The molecule has 6 heteroatoms. The van der Waals surface area contributed by atoms with Gasteiger partial charge >= 0.3 is 0 Å². The van der Waals surface area contributed by atoms with Crippen molar-refractivity contribution < 1.29 is 19.1 Å². The van der Waals surface area contributed by atoms with Gasteiger partial charge in [0.15, 0.2) is 11.5 Å². The minimum Gasteiger partial charge on any atom is -0.454 e. The first-order valence-electron chi connectivity index (χ1n) is 12.1. The van der Waals surface area contributed by atoms with Gasteiger partial charge in [-0.25, -0.2) is 0 Å². The Balaban J connectivity index is 1.57. The van der Waals surface area contributed by atoms with Crippen molar-refractivity contribution in [3.63, 3.8) is 0 Å². The summed E-state index contributed by atoms with van der Waals surface area (Å²) in [6, 6.07) is 23.1. The summed E-state index contributed by atoms with van der Waals surface area (Å²) in [4.78, 5) is 28.6. The lowest BCUT2D eigenvalue weighted by molar-refractivity contribution is -0.141. The molecule has 1 N–H and O–H groups in total. The zero-order chi connectivity index (χ0) is 24.6. The highest BCUT2D eigenvalue weighted by Gasteiger charge is 2.30. The smallest absolute Gasteiger partial charge is 0.243 e. The Morgan fingerprint density at radius 1 is 0.914 bits per heavy atom. The number of amides is 2. The molecule has 1 aliphatic heterocycles. The van der Waals surface area contributed by atoms with Gasteiger partial charge in [0.25, 0.3) is 0 Å². The summed E-state index contributed by atoms with van der Waals surface area (Å²) in [5.41, 5.74) is 4.16. The molecule has 0 fully saturated rings. The van der Waals surface area contributed by atoms with Crippen molar-refractivity contribution in [1.29, 1.82) is 0 Å². The Morgan fingerprint density at radius 3 is 2.37 bits per heavy atom. The third kappa shape index (κ3) is 6.41. The molecule has 1 unspecified atom stereocenters. The monoisotopic (exact) mass is 472 g/mol. The number of benzene rings is 3. The van der Waals surface area contributed by atoms with E-state index in [1.54, 1.807) is 4.90 Å². The molecule has 0 bridgehead atoms. The zero-order valence-corrected chi connectivity index (χ0v) is 20.3. The van der Waals surface area contributed by atoms with Gasteiger partial charge in [0.1, 0.15) is 6.04 Å². The molecule has 0 aliphatic carbocycles. The molecular weight excluding hydrogens is 440 g/mol. The third-order valence-corrected chi connectivity index (χ3v) is 6.16. The van der Waals surface area contributed by atoms with Crippen LogP contribution in [0.15, 0.2) is 72.8 Å². The predicted octanol–water partition coefficient (Wildman–Crippen LogP) is 4.43. The summed E-state index contributed by atoms with van der Waals surface area (Å²) < 4.78 is 10.9. The highest BCUT2D eigenvalue weighted by molar-refractivity contribution is 5.88. The van der Waals surface area contributed by atoms with Crippen LogP contribution in [0.5, 0.6) is 11.5 Å². The standard InChI is InChI=1S/C29H32N2O4/c1-3-30-29(33)25(17-22-7-5-4-6-8-22)31(19-24-11-9-21(2)10-12-24)28(32)16-14-23-13-15-26-27(18-23)35-20-34-26/h4-13,15,18,25H,3,14,16-17,19-20H2,1-2H3,(H,30,33). The predicted molar refractivity (Wildman–Crippen MR) is 135 cm³/mol. The molecule has 0 spiro atoms. The SMILES string of the molecule is CCNC(=O)C(Cc1ccccc1)N(Cc1ccc(C)cc1)C(=O)CCc1ccc2c(c1)OCO2. The third-order valence-electron chi connectivity index (χ3n) is 6.16. The van der Waals surface area contributed by atoms with Gasteiger partial charge in [-0.1, -0.05) is 66.2 Å². The van der Waals surface area contributed by atoms with Gasteiger partial charge in [0, 0.05) is 25.9 Å². The van der Waals surface area contributed by atoms with Crippen molar-refractivity contribution in [3.05, 3.63) is 95.1 Å². The van der Waals surface area contributed by atoms with Crippen molar-refractivity contribution in [1.82, 2.24) is 10.2 Å². The van der Waals surface area contributed by atoms with Crippen molar-refractivity contribution in [2.45, 2.75) is 45.7 Å². The minimum absolute atomic E-state index is 0.0598. The van der Waals surface area contributed by atoms with Gasteiger partial charge in [-0.2, -0.15) is 0 Å². The van der Waals surface area contributed by atoms with E-state index in [1.165, 1.54) is 0 Å². The number of nitrogens with zero attached hydrogens (tertiary/aromatic N) is 1. The van der Waals surface area contributed by atoms with E-state index in [0.717, 1.165) is 28.0 Å². The van der Waals surface area contributed by atoms with E-state index in [-0.39, 0.29) is 25.0 Å². The van der Waals surface area contributed by atoms with E-state index in [0.29, 0.717) is 31.7 Å². The summed E-state index contributed by atoms with van der Waals surface area (Å²) in [5, 5.41) is 2.93. The van der Waals surface area contributed by atoms with Crippen LogP contribution in [0, 0.1) is 6.92 Å². The van der Waals surface area contributed by atoms with Crippen LogP contribution in [0.1, 0.15) is 35.6 Å². The molecule has 1 heterocycles. The lowest BCUT2D eigenvalue weighted by Crippen LogP contribution is -2.50. The summed E-state index contributed by atoms with van der Waals surface area (Å²) in [7, 11) is 0. The molecule has 2 amide bonds. The molecule has 1 atom stereocenters. The number of aryl methyl sites for hydroxylation is 2. The van der Waals surface area contributed by atoms with Gasteiger partial charge in [0.2, 0.25) is 18.6 Å². The number of carbonyl (C=O) groups excluding carboxylic acids is 2. The maximum atomic E-state index is 13.7. The Hall–Kier alpha value is -3.80. The first-order valence-corrected chi connectivity index (χ1v) is 12.1. The molecule has 0 radical (unpaired) electrons. The zero-order valence-electron chi connectivity index (χ0n) is 20.3. The fourth-order valence-electron chi connectivity index (χ4n) is 4.23. The fourth-order valence-corrected chi connectivity index (χ4v) is 4.23. The van der Waals surface area contributed by atoms with Crippen LogP contribution >= 0.6 is 0 Å². The second-order valence-corrected chi connectivity index (χ2v) is 8.79. The lowest BCUT2D eigenvalue weighted by Gasteiger charge is -2.31. The highest BCUT2D eigenvalue weighted by atomic mass is 16.7. The number of hydrogen-bond acceptors (Lipinski definition) is 4. The van der Waals surface area contributed by atoms with Crippen LogP contribution in [-0.2, 0) is 29.0 Å². The van der Waals surface area contributed by atoms with E-state index in [1.807, 2.05) is 86.6 Å². The number of fused-ring (bicyclic) bond motifs is 1. The van der Waals surface area contributed by atoms with Gasteiger partial charge in [-0.15, -0.1) is 0 Å². The molecule has 0 aromatic heterocycles. The maximum Gasteiger partial charge on any atom is 0.243 e. The molecule has 35 heavy (non-hydrogen) atoms. The number of carbonyl (C=O) groups is 2. The van der Waals surface area contributed by atoms with Crippen LogP contribution in [0.25, 0.3) is 0 Å². The van der Waals surface area contributed by atoms with Crippen LogP contribution in [0.4, 0.5) is 0 Å². The first-order chi connectivity index (χ1) is 17.0. The van der Waals surface area contributed by atoms with E-state index in [4.69, 9.17) is 9.47 Å². The maximum absolute atomic E-state index is 13.7. The van der Waals surface area contributed by atoms with E-state index < -0.39 is 6.04 Å². The molecule has 6 nitrogen and oxygen atoms in total. The summed E-state index contributed by atoms with van der Waals surface area (Å²) in [5.74, 6) is 1.23. The van der Waals surface area contributed by atoms with E-state index in [2.05, 4.69) is 5.32 Å². The first kappa shape index (κ1) is 24.3. The van der Waals surface area contributed by atoms with Crippen molar-refractivity contribution in [2.75, 3.05) is 13.3 Å². The second-order valence-electron chi connectivity index (χ2n) is 8.79. The number of ether oxygens (including phenoxy) is 2. The topological polar surface area (TPSA) is 67.9 Å². The second kappa shape index (κ2) is 11.6.